The van der Waals surface area contributed by atoms with Crippen LogP contribution in [0.2, 0.25) is 0 Å². The summed E-state index contributed by atoms with van der Waals surface area (Å²) in [5.74, 6) is 0. The topological polar surface area (TPSA) is 29.5 Å². The summed E-state index contributed by atoms with van der Waals surface area (Å²) in [4.78, 5) is 0. The van der Waals surface area contributed by atoms with Crippen LogP contribution in [-0.4, -0.2) is 24.4 Å². The largest absolute Gasteiger partial charge is 0.387 e. The summed E-state index contributed by atoms with van der Waals surface area (Å²) in [7, 11) is 1.62. The van der Waals surface area contributed by atoms with Crippen LogP contribution in [0.15, 0.2) is 0 Å². The lowest BCUT2D eigenvalue weighted by atomic mass is 9.75. The van der Waals surface area contributed by atoms with Gasteiger partial charge in [-0.2, -0.15) is 0 Å². The fraction of sp³-hybridized carbons (Fsp3) is 1.00. The van der Waals surface area contributed by atoms with E-state index in [0.29, 0.717) is 6.61 Å². The third-order valence-corrected chi connectivity index (χ3v) is 2.36. The van der Waals surface area contributed by atoms with Crippen LogP contribution in [-0.2, 0) is 4.74 Å². The molecule has 0 spiro atoms. The van der Waals surface area contributed by atoms with E-state index in [0.717, 1.165) is 6.42 Å². The Kier molecular flexibility index (Phi) is 3.52. The SMILES string of the molecule is CCC(O)(COC)C(C)(C)C. The zero-order valence-electron chi connectivity index (χ0n) is 8.27. The molecule has 0 aromatic heterocycles. The predicted molar refractivity (Wildman–Crippen MR) is 46.6 cm³/mol. The number of aliphatic hydroxyl groups is 1. The molecule has 1 N–H and O–H groups in total. The van der Waals surface area contributed by atoms with E-state index >= 15 is 0 Å². The highest BCUT2D eigenvalue weighted by Crippen LogP contribution is 2.32. The van der Waals surface area contributed by atoms with Crippen LogP contribution in [0.4, 0.5) is 0 Å². The Morgan fingerprint density at radius 1 is 1.27 bits per heavy atom. The number of rotatable bonds is 3. The zero-order chi connectivity index (χ0) is 9.12. The van der Waals surface area contributed by atoms with Crippen molar-refractivity contribution < 1.29 is 9.84 Å². The van der Waals surface area contributed by atoms with Gasteiger partial charge in [-0.1, -0.05) is 27.7 Å². The molecule has 0 saturated heterocycles. The van der Waals surface area contributed by atoms with E-state index in [1.54, 1.807) is 7.11 Å². The minimum Gasteiger partial charge on any atom is -0.387 e. The molecule has 0 aliphatic rings. The minimum atomic E-state index is -0.693. The van der Waals surface area contributed by atoms with E-state index in [2.05, 4.69) is 0 Å². The van der Waals surface area contributed by atoms with Gasteiger partial charge in [0.25, 0.3) is 0 Å². The van der Waals surface area contributed by atoms with E-state index in [4.69, 9.17) is 4.74 Å². The summed E-state index contributed by atoms with van der Waals surface area (Å²) in [6.07, 6.45) is 0.727. The molecule has 0 bridgehead atoms. The molecule has 0 saturated carbocycles. The highest BCUT2D eigenvalue weighted by atomic mass is 16.5. The van der Waals surface area contributed by atoms with Gasteiger partial charge >= 0.3 is 0 Å². The molecular weight excluding hydrogens is 140 g/mol. The molecule has 1 atom stereocenters. The van der Waals surface area contributed by atoms with Gasteiger partial charge in [-0.15, -0.1) is 0 Å². The first kappa shape index (κ1) is 10.9. The van der Waals surface area contributed by atoms with Gasteiger partial charge < -0.3 is 9.84 Å². The van der Waals surface area contributed by atoms with Gasteiger partial charge in [0.15, 0.2) is 0 Å². The predicted octanol–water partition coefficient (Wildman–Crippen LogP) is 1.82. The third-order valence-electron chi connectivity index (χ3n) is 2.36. The molecule has 0 aromatic carbocycles. The van der Waals surface area contributed by atoms with Gasteiger partial charge in [0, 0.05) is 7.11 Å². The lowest BCUT2D eigenvalue weighted by Crippen LogP contribution is -2.46. The van der Waals surface area contributed by atoms with Crippen LogP contribution in [0.5, 0.6) is 0 Å². The van der Waals surface area contributed by atoms with Crippen LogP contribution in [0, 0.1) is 5.41 Å². The highest BCUT2D eigenvalue weighted by molar-refractivity contribution is 4.88. The van der Waals surface area contributed by atoms with Crippen LogP contribution < -0.4 is 0 Å². The number of hydrogen-bond acceptors (Lipinski definition) is 2. The van der Waals surface area contributed by atoms with E-state index < -0.39 is 5.60 Å². The molecule has 1 unspecified atom stereocenters. The summed E-state index contributed by atoms with van der Waals surface area (Å²) in [6, 6.07) is 0. The molecule has 0 rings (SSSR count). The second-order valence-electron chi connectivity index (χ2n) is 4.07. The molecular formula is C9H20O2. The van der Waals surface area contributed by atoms with Crippen molar-refractivity contribution in [2.45, 2.75) is 39.7 Å². The first-order valence-electron chi connectivity index (χ1n) is 4.08. The molecule has 0 radical (unpaired) electrons. The molecule has 0 amide bonds. The van der Waals surface area contributed by atoms with Crippen LogP contribution in [0.3, 0.4) is 0 Å². The average Bonchev–Trinajstić information content (AvgIpc) is 1.86. The van der Waals surface area contributed by atoms with Gasteiger partial charge in [-0.3, -0.25) is 0 Å². The smallest absolute Gasteiger partial charge is 0.0925 e. The fourth-order valence-electron chi connectivity index (χ4n) is 1.09. The number of hydrogen-bond donors (Lipinski definition) is 1. The Labute approximate surface area is 69.6 Å². The third kappa shape index (κ3) is 2.46. The molecule has 2 heteroatoms. The molecule has 0 heterocycles. The molecule has 0 fully saturated rings. The first-order valence-corrected chi connectivity index (χ1v) is 4.08. The Balaban J connectivity index is 4.33. The maximum atomic E-state index is 10.0. The van der Waals surface area contributed by atoms with E-state index in [9.17, 15) is 5.11 Å². The molecule has 0 aliphatic heterocycles. The summed E-state index contributed by atoms with van der Waals surface area (Å²) >= 11 is 0. The molecule has 68 valence electrons. The van der Waals surface area contributed by atoms with Gasteiger partial charge in [0.1, 0.15) is 0 Å². The molecule has 2 nitrogen and oxygen atoms in total. The lowest BCUT2D eigenvalue weighted by molar-refractivity contribution is -0.107. The van der Waals surface area contributed by atoms with Gasteiger partial charge in [0.2, 0.25) is 0 Å². The van der Waals surface area contributed by atoms with Crippen molar-refractivity contribution in [3.05, 3.63) is 0 Å². The highest BCUT2D eigenvalue weighted by Gasteiger charge is 2.38. The quantitative estimate of drug-likeness (QED) is 0.682. The van der Waals surface area contributed by atoms with Crippen LogP contribution >= 0.6 is 0 Å². The second-order valence-corrected chi connectivity index (χ2v) is 4.07. The monoisotopic (exact) mass is 160 g/mol. The van der Waals surface area contributed by atoms with Crippen molar-refractivity contribution >= 4 is 0 Å². The second kappa shape index (κ2) is 3.55. The van der Waals surface area contributed by atoms with Crippen molar-refractivity contribution in [2.75, 3.05) is 13.7 Å². The molecule has 0 aromatic rings. The number of methoxy groups -OCH3 is 1. The Morgan fingerprint density at radius 3 is 1.82 bits per heavy atom. The van der Waals surface area contributed by atoms with Crippen molar-refractivity contribution in [1.82, 2.24) is 0 Å². The maximum Gasteiger partial charge on any atom is 0.0925 e. The lowest BCUT2D eigenvalue weighted by Gasteiger charge is -2.39. The Bertz CT molecular complexity index is 115. The van der Waals surface area contributed by atoms with Crippen LogP contribution in [0.25, 0.3) is 0 Å². The Hall–Kier alpha value is -0.0800. The van der Waals surface area contributed by atoms with E-state index in [-0.39, 0.29) is 5.41 Å². The summed E-state index contributed by atoms with van der Waals surface area (Å²) < 4.78 is 4.97. The van der Waals surface area contributed by atoms with E-state index in [1.807, 2.05) is 27.7 Å². The minimum absolute atomic E-state index is 0.113. The normalized spacial score (nSPS) is 18.0. The standard InChI is InChI=1S/C9H20O2/c1-6-9(10,7-11-5)8(2,3)4/h10H,6-7H2,1-5H3. The van der Waals surface area contributed by atoms with Crippen molar-refractivity contribution in [1.29, 1.82) is 0 Å². The first-order chi connectivity index (χ1) is 4.87. The van der Waals surface area contributed by atoms with Crippen molar-refractivity contribution in [2.24, 2.45) is 5.41 Å². The Morgan fingerprint density at radius 2 is 1.73 bits per heavy atom. The number of ether oxygens (including phenoxy) is 1. The average molecular weight is 160 g/mol. The summed E-state index contributed by atoms with van der Waals surface area (Å²) in [6.45, 7) is 8.46. The molecule has 0 aliphatic carbocycles. The fourth-order valence-corrected chi connectivity index (χ4v) is 1.09. The zero-order valence-corrected chi connectivity index (χ0v) is 8.27. The van der Waals surface area contributed by atoms with Gasteiger partial charge in [-0.25, -0.2) is 0 Å². The van der Waals surface area contributed by atoms with Gasteiger partial charge in [0.05, 0.1) is 12.2 Å². The van der Waals surface area contributed by atoms with Crippen molar-refractivity contribution in [3.8, 4) is 0 Å². The van der Waals surface area contributed by atoms with E-state index in [1.165, 1.54) is 0 Å². The summed E-state index contributed by atoms with van der Waals surface area (Å²) in [5, 5.41) is 10.0. The summed E-state index contributed by atoms with van der Waals surface area (Å²) in [5.41, 5.74) is -0.806. The van der Waals surface area contributed by atoms with Crippen molar-refractivity contribution in [3.63, 3.8) is 0 Å². The molecule has 11 heavy (non-hydrogen) atoms. The maximum absolute atomic E-state index is 10.0. The van der Waals surface area contributed by atoms with Crippen LogP contribution in [0.1, 0.15) is 34.1 Å². The van der Waals surface area contributed by atoms with Gasteiger partial charge in [-0.05, 0) is 11.8 Å².